The summed E-state index contributed by atoms with van der Waals surface area (Å²) in [5.74, 6) is -0.181. The van der Waals surface area contributed by atoms with Gasteiger partial charge in [0, 0.05) is 22.8 Å². The monoisotopic (exact) mass is 301 g/mol. The van der Waals surface area contributed by atoms with E-state index in [1.54, 1.807) is 29.0 Å². The van der Waals surface area contributed by atoms with Crippen LogP contribution in [0.15, 0.2) is 47.3 Å². The molecule has 0 bridgehead atoms. The van der Waals surface area contributed by atoms with Crippen molar-refractivity contribution in [3.8, 4) is 10.6 Å². The summed E-state index contributed by atoms with van der Waals surface area (Å²) in [5, 5.41) is 7.53. The van der Waals surface area contributed by atoms with Crippen LogP contribution in [-0.4, -0.2) is 10.9 Å². The van der Waals surface area contributed by atoms with Crippen LogP contribution in [-0.2, 0) is 0 Å². The smallest absolute Gasteiger partial charge is 0.267 e. The van der Waals surface area contributed by atoms with Crippen LogP contribution in [0.5, 0.6) is 0 Å². The Bertz CT molecular complexity index is 717. The van der Waals surface area contributed by atoms with Gasteiger partial charge in [-0.3, -0.25) is 4.79 Å². The molecule has 1 aromatic carbocycles. The van der Waals surface area contributed by atoms with Crippen LogP contribution >= 0.6 is 22.7 Å². The first-order chi connectivity index (χ1) is 9.74. The van der Waals surface area contributed by atoms with Crippen LogP contribution < -0.4 is 11.1 Å². The second kappa shape index (κ2) is 5.44. The molecule has 0 atom stereocenters. The van der Waals surface area contributed by atoms with Crippen molar-refractivity contribution in [3.05, 3.63) is 52.2 Å². The molecule has 0 aliphatic carbocycles. The molecule has 2 heterocycles. The van der Waals surface area contributed by atoms with Crippen molar-refractivity contribution < 1.29 is 4.79 Å². The maximum absolute atomic E-state index is 12.0. The third kappa shape index (κ3) is 2.56. The molecule has 0 saturated carbocycles. The zero-order chi connectivity index (χ0) is 13.9. The zero-order valence-corrected chi connectivity index (χ0v) is 12.0. The predicted octanol–water partition coefficient (Wildman–Crippen LogP) is 3.71. The number of anilines is 2. The van der Waals surface area contributed by atoms with Gasteiger partial charge in [0.25, 0.3) is 5.91 Å². The van der Waals surface area contributed by atoms with Crippen LogP contribution in [0.2, 0.25) is 0 Å². The number of hydrogen-bond acceptors (Lipinski definition) is 5. The molecule has 2 aromatic heterocycles. The molecule has 0 aliphatic rings. The van der Waals surface area contributed by atoms with Gasteiger partial charge in [-0.2, -0.15) is 0 Å². The first-order valence-electron chi connectivity index (χ1n) is 5.88. The number of thiazole rings is 1. The Labute approximate surface area is 123 Å². The lowest BCUT2D eigenvalue weighted by molar-refractivity contribution is 0.103. The SMILES string of the molecule is Nc1ccsc1C(=O)Nc1ccc(-c2nccs2)cc1. The normalized spacial score (nSPS) is 10.4. The summed E-state index contributed by atoms with van der Waals surface area (Å²) >= 11 is 2.92. The molecular weight excluding hydrogens is 290 g/mol. The summed E-state index contributed by atoms with van der Waals surface area (Å²) in [5.41, 5.74) is 8.01. The number of aromatic nitrogens is 1. The summed E-state index contributed by atoms with van der Waals surface area (Å²) in [6.45, 7) is 0. The number of nitrogens with one attached hydrogen (secondary N) is 1. The number of hydrogen-bond donors (Lipinski definition) is 2. The molecule has 20 heavy (non-hydrogen) atoms. The fourth-order valence-electron chi connectivity index (χ4n) is 1.75. The van der Waals surface area contributed by atoms with Gasteiger partial charge in [-0.25, -0.2) is 4.98 Å². The maximum Gasteiger partial charge on any atom is 0.267 e. The van der Waals surface area contributed by atoms with Crippen molar-refractivity contribution in [2.75, 3.05) is 11.1 Å². The molecule has 0 saturated heterocycles. The topological polar surface area (TPSA) is 68.0 Å². The number of carbonyl (C=O) groups is 1. The molecule has 0 aliphatic heterocycles. The van der Waals surface area contributed by atoms with E-state index in [0.29, 0.717) is 10.6 Å². The van der Waals surface area contributed by atoms with Gasteiger partial charge in [0.1, 0.15) is 9.88 Å². The summed E-state index contributed by atoms with van der Waals surface area (Å²) in [6, 6.07) is 9.32. The lowest BCUT2D eigenvalue weighted by Gasteiger charge is -2.05. The zero-order valence-electron chi connectivity index (χ0n) is 10.4. The van der Waals surface area contributed by atoms with E-state index < -0.39 is 0 Å². The van der Waals surface area contributed by atoms with Gasteiger partial charge < -0.3 is 11.1 Å². The Balaban J connectivity index is 1.76. The standard InChI is InChI=1S/C14H11N3OS2/c15-11-5-7-19-12(11)13(18)17-10-3-1-9(2-4-10)14-16-6-8-20-14/h1-8H,15H2,(H,17,18). The van der Waals surface area contributed by atoms with E-state index in [-0.39, 0.29) is 5.91 Å². The Morgan fingerprint density at radius 3 is 2.50 bits per heavy atom. The number of benzene rings is 1. The highest BCUT2D eigenvalue weighted by Crippen LogP contribution is 2.24. The summed E-state index contributed by atoms with van der Waals surface area (Å²) in [6.07, 6.45) is 1.77. The molecule has 0 radical (unpaired) electrons. The highest BCUT2D eigenvalue weighted by Gasteiger charge is 2.11. The van der Waals surface area contributed by atoms with Crippen LogP contribution in [0.1, 0.15) is 9.67 Å². The minimum absolute atomic E-state index is 0.181. The molecule has 100 valence electrons. The molecule has 3 N–H and O–H groups in total. The molecule has 1 amide bonds. The van der Waals surface area contributed by atoms with Crippen molar-refractivity contribution in [1.82, 2.24) is 4.98 Å². The van der Waals surface area contributed by atoms with Crippen LogP contribution in [0.4, 0.5) is 11.4 Å². The second-order valence-electron chi connectivity index (χ2n) is 4.07. The third-order valence-electron chi connectivity index (χ3n) is 2.72. The molecule has 0 fully saturated rings. The second-order valence-corrected chi connectivity index (χ2v) is 5.88. The number of amides is 1. The van der Waals surface area contributed by atoms with Crippen molar-refractivity contribution in [2.24, 2.45) is 0 Å². The Morgan fingerprint density at radius 2 is 1.90 bits per heavy atom. The van der Waals surface area contributed by atoms with E-state index in [1.165, 1.54) is 11.3 Å². The van der Waals surface area contributed by atoms with Crippen molar-refractivity contribution >= 4 is 40.0 Å². The van der Waals surface area contributed by atoms with Gasteiger partial charge in [-0.05, 0) is 35.7 Å². The van der Waals surface area contributed by atoms with Crippen LogP contribution in [0.25, 0.3) is 10.6 Å². The van der Waals surface area contributed by atoms with E-state index in [9.17, 15) is 4.79 Å². The number of nitrogen functional groups attached to an aromatic ring is 1. The molecule has 0 spiro atoms. The van der Waals surface area contributed by atoms with E-state index >= 15 is 0 Å². The van der Waals surface area contributed by atoms with E-state index in [1.807, 2.05) is 29.6 Å². The number of nitrogens with two attached hydrogens (primary N) is 1. The first-order valence-corrected chi connectivity index (χ1v) is 7.64. The van der Waals surface area contributed by atoms with Crippen LogP contribution in [0, 0.1) is 0 Å². The van der Waals surface area contributed by atoms with Gasteiger partial charge in [0.15, 0.2) is 0 Å². The number of rotatable bonds is 3. The minimum Gasteiger partial charge on any atom is -0.397 e. The Kier molecular flexibility index (Phi) is 3.49. The highest BCUT2D eigenvalue weighted by molar-refractivity contribution is 7.13. The number of nitrogens with zero attached hydrogens (tertiary/aromatic N) is 1. The predicted molar refractivity (Wildman–Crippen MR) is 84.2 cm³/mol. The molecule has 6 heteroatoms. The average Bonchev–Trinajstić information content (AvgIpc) is 3.10. The Morgan fingerprint density at radius 1 is 1.10 bits per heavy atom. The van der Waals surface area contributed by atoms with Gasteiger partial charge >= 0.3 is 0 Å². The lowest BCUT2D eigenvalue weighted by Crippen LogP contribution is -2.11. The van der Waals surface area contributed by atoms with Crippen molar-refractivity contribution in [2.45, 2.75) is 0 Å². The largest absolute Gasteiger partial charge is 0.397 e. The van der Waals surface area contributed by atoms with Crippen molar-refractivity contribution in [3.63, 3.8) is 0 Å². The summed E-state index contributed by atoms with van der Waals surface area (Å²) < 4.78 is 0. The average molecular weight is 301 g/mol. The Hall–Kier alpha value is -2.18. The van der Waals surface area contributed by atoms with Crippen molar-refractivity contribution in [1.29, 1.82) is 0 Å². The maximum atomic E-state index is 12.0. The molecule has 0 unspecified atom stereocenters. The lowest BCUT2D eigenvalue weighted by atomic mass is 10.2. The summed E-state index contributed by atoms with van der Waals surface area (Å²) in [4.78, 5) is 16.8. The van der Waals surface area contributed by atoms with E-state index in [0.717, 1.165) is 16.3 Å². The summed E-state index contributed by atoms with van der Waals surface area (Å²) in [7, 11) is 0. The third-order valence-corrected chi connectivity index (χ3v) is 4.48. The fraction of sp³-hybridized carbons (Fsp3) is 0. The number of carbonyl (C=O) groups excluding carboxylic acids is 1. The highest BCUT2D eigenvalue weighted by atomic mass is 32.1. The molecule has 4 nitrogen and oxygen atoms in total. The van der Waals surface area contributed by atoms with E-state index in [4.69, 9.17) is 5.73 Å². The van der Waals surface area contributed by atoms with Crippen LogP contribution in [0.3, 0.4) is 0 Å². The quantitative estimate of drug-likeness (QED) is 0.775. The van der Waals surface area contributed by atoms with Gasteiger partial charge in [0.05, 0.1) is 5.69 Å². The number of thiophene rings is 1. The van der Waals surface area contributed by atoms with Gasteiger partial charge in [0.2, 0.25) is 0 Å². The fourth-order valence-corrected chi connectivity index (χ4v) is 3.11. The molecular formula is C14H11N3OS2. The van der Waals surface area contributed by atoms with E-state index in [2.05, 4.69) is 10.3 Å². The van der Waals surface area contributed by atoms with Gasteiger partial charge in [-0.1, -0.05) is 0 Å². The first kappa shape index (κ1) is 12.8. The van der Waals surface area contributed by atoms with Gasteiger partial charge in [-0.15, -0.1) is 22.7 Å². The molecule has 3 aromatic rings. The minimum atomic E-state index is -0.181. The molecule has 3 rings (SSSR count).